The van der Waals surface area contributed by atoms with Gasteiger partial charge in [-0.25, -0.2) is 0 Å². The Morgan fingerprint density at radius 1 is 0.724 bits per heavy atom. The van der Waals surface area contributed by atoms with Gasteiger partial charge < -0.3 is 9.30 Å². The van der Waals surface area contributed by atoms with E-state index < -0.39 is 0 Å². The minimum atomic E-state index is 0.748. The minimum absolute atomic E-state index is 0.748. The van der Waals surface area contributed by atoms with E-state index in [1.807, 2.05) is 24.3 Å². The highest BCUT2D eigenvalue weighted by atomic mass is 35.5. The van der Waals surface area contributed by atoms with Crippen LogP contribution in [0.15, 0.2) is 84.9 Å². The number of halogens is 1. The van der Waals surface area contributed by atoms with Crippen molar-refractivity contribution >= 4 is 33.4 Å². The van der Waals surface area contributed by atoms with Gasteiger partial charge in [0.25, 0.3) is 0 Å². The molecule has 0 aliphatic carbocycles. The topological polar surface area (TPSA) is 14.2 Å². The highest BCUT2D eigenvalue weighted by Gasteiger charge is 2.16. The third-order valence-electron chi connectivity index (χ3n) is 5.58. The van der Waals surface area contributed by atoms with Gasteiger partial charge in [0.15, 0.2) is 0 Å². The van der Waals surface area contributed by atoms with Crippen molar-refractivity contribution in [3.63, 3.8) is 0 Å². The van der Waals surface area contributed by atoms with E-state index in [1.54, 1.807) is 7.11 Å². The number of aryl methyl sites for hydroxylation is 1. The molecule has 0 aliphatic heterocycles. The first-order valence-electron chi connectivity index (χ1n) is 9.57. The van der Waals surface area contributed by atoms with E-state index in [9.17, 15) is 0 Å². The van der Waals surface area contributed by atoms with Gasteiger partial charge in [-0.1, -0.05) is 54.1 Å². The molecule has 0 N–H and O–H groups in total. The van der Waals surface area contributed by atoms with E-state index in [0.717, 1.165) is 16.3 Å². The highest BCUT2D eigenvalue weighted by Crippen LogP contribution is 2.40. The van der Waals surface area contributed by atoms with E-state index in [1.165, 1.54) is 38.5 Å². The van der Waals surface area contributed by atoms with Gasteiger partial charge in [-0.05, 0) is 64.7 Å². The molecule has 1 aromatic heterocycles. The van der Waals surface area contributed by atoms with Crippen LogP contribution in [0.25, 0.3) is 44.1 Å². The second-order valence-electron chi connectivity index (χ2n) is 7.23. The van der Waals surface area contributed by atoms with Crippen LogP contribution in [0, 0.1) is 0 Å². The number of nitrogens with zero attached hydrogens (tertiary/aromatic N) is 1. The number of ether oxygens (including phenoxy) is 1. The Bertz CT molecular complexity index is 1330. The fraction of sp³-hybridized carbons (Fsp3) is 0.0769. The fourth-order valence-electron chi connectivity index (χ4n) is 4.10. The van der Waals surface area contributed by atoms with Gasteiger partial charge in [0.2, 0.25) is 0 Å². The molecule has 5 aromatic rings. The van der Waals surface area contributed by atoms with Gasteiger partial charge in [0.05, 0.1) is 12.6 Å². The first-order chi connectivity index (χ1) is 14.2. The normalized spacial score (nSPS) is 11.3. The average Bonchev–Trinajstić information content (AvgIpc) is 3.05. The SMILES string of the molecule is COc1ccc(-c2cc(-c3ccccc3)cc3c2c2cc(Cl)ccc2n3C)cc1. The Kier molecular flexibility index (Phi) is 4.30. The van der Waals surface area contributed by atoms with Crippen molar-refractivity contribution in [2.24, 2.45) is 7.05 Å². The van der Waals surface area contributed by atoms with Gasteiger partial charge in [0.1, 0.15) is 5.75 Å². The molecule has 4 aromatic carbocycles. The molecule has 0 fully saturated rings. The number of fused-ring (bicyclic) bond motifs is 3. The predicted octanol–water partition coefficient (Wildman–Crippen LogP) is 7.33. The van der Waals surface area contributed by atoms with Crippen LogP contribution in [-0.4, -0.2) is 11.7 Å². The molecule has 2 nitrogen and oxygen atoms in total. The summed E-state index contributed by atoms with van der Waals surface area (Å²) in [4.78, 5) is 0. The van der Waals surface area contributed by atoms with Crippen LogP contribution in [0.4, 0.5) is 0 Å². The second kappa shape index (κ2) is 6.98. The monoisotopic (exact) mass is 397 g/mol. The lowest BCUT2D eigenvalue weighted by atomic mass is 9.94. The van der Waals surface area contributed by atoms with Crippen molar-refractivity contribution in [1.29, 1.82) is 0 Å². The molecule has 142 valence electrons. The molecular weight excluding hydrogens is 378 g/mol. The molecule has 0 spiro atoms. The maximum atomic E-state index is 6.37. The standard InChI is InChI=1S/C26H20ClNO/c1-28-24-13-10-20(27)16-23(24)26-22(18-8-11-21(29-2)12-9-18)14-19(15-25(26)28)17-6-4-3-5-7-17/h3-16H,1-2H3. The molecule has 0 saturated heterocycles. The Labute approximate surface area is 174 Å². The van der Waals surface area contributed by atoms with E-state index in [-0.39, 0.29) is 0 Å². The average molecular weight is 398 g/mol. The van der Waals surface area contributed by atoms with Gasteiger partial charge in [-0.3, -0.25) is 0 Å². The van der Waals surface area contributed by atoms with Crippen LogP contribution < -0.4 is 4.74 Å². The summed E-state index contributed by atoms with van der Waals surface area (Å²) >= 11 is 6.37. The van der Waals surface area contributed by atoms with Crippen molar-refractivity contribution in [2.45, 2.75) is 0 Å². The summed E-state index contributed by atoms with van der Waals surface area (Å²) in [5.41, 5.74) is 7.10. The molecule has 0 bridgehead atoms. The number of hydrogen-bond acceptors (Lipinski definition) is 1. The van der Waals surface area contributed by atoms with Crippen molar-refractivity contribution in [1.82, 2.24) is 4.57 Å². The number of aromatic nitrogens is 1. The maximum Gasteiger partial charge on any atom is 0.118 e. The Morgan fingerprint density at radius 3 is 2.21 bits per heavy atom. The van der Waals surface area contributed by atoms with Crippen LogP contribution in [-0.2, 0) is 7.05 Å². The Morgan fingerprint density at radius 2 is 1.48 bits per heavy atom. The Hall–Kier alpha value is -3.23. The summed E-state index contributed by atoms with van der Waals surface area (Å²) in [6.45, 7) is 0. The van der Waals surface area contributed by atoms with Crippen molar-refractivity contribution in [2.75, 3.05) is 7.11 Å². The molecule has 0 atom stereocenters. The molecule has 5 rings (SSSR count). The number of methoxy groups -OCH3 is 1. The van der Waals surface area contributed by atoms with Gasteiger partial charge in [-0.15, -0.1) is 0 Å². The lowest BCUT2D eigenvalue weighted by Crippen LogP contribution is -1.89. The molecule has 0 saturated carbocycles. The summed E-state index contributed by atoms with van der Waals surface area (Å²) in [5, 5.41) is 3.13. The molecule has 0 radical (unpaired) electrons. The van der Waals surface area contributed by atoms with E-state index >= 15 is 0 Å². The third kappa shape index (κ3) is 2.97. The van der Waals surface area contributed by atoms with E-state index in [0.29, 0.717) is 0 Å². The van der Waals surface area contributed by atoms with E-state index in [2.05, 4.69) is 72.3 Å². The lowest BCUT2D eigenvalue weighted by molar-refractivity contribution is 0.415. The summed E-state index contributed by atoms with van der Waals surface area (Å²) in [6.07, 6.45) is 0. The van der Waals surface area contributed by atoms with Crippen LogP contribution >= 0.6 is 11.6 Å². The summed E-state index contributed by atoms with van der Waals surface area (Å²) < 4.78 is 7.60. The lowest BCUT2D eigenvalue weighted by Gasteiger charge is -2.11. The maximum absolute atomic E-state index is 6.37. The number of benzene rings is 4. The van der Waals surface area contributed by atoms with Crippen LogP contribution in [0.5, 0.6) is 5.75 Å². The first-order valence-corrected chi connectivity index (χ1v) is 9.95. The first kappa shape index (κ1) is 17.8. The van der Waals surface area contributed by atoms with Crippen LogP contribution in [0.2, 0.25) is 5.02 Å². The van der Waals surface area contributed by atoms with Gasteiger partial charge in [0, 0.05) is 28.4 Å². The molecule has 0 unspecified atom stereocenters. The van der Waals surface area contributed by atoms with Gasteiger partial charge in [-0.2, -0.15) is 0 Å². The zero-order valence-corrected chi connectivity index (χ0v) is 17.1. The zero-order valence-electron chi connectivity index (χ0n) is 16.3. The summed E-state index contributed by atoms with van der Waals surface area (Å²) in [5.74, 6) is 0.852. The van der Waals surface area contributed by atoms with Crippen molar-refractivity contribution in [3.05, 3.63) is 90.0 Å². The third-order valence-corrected chi connectivity index (χ3v) is 5.81. The molecule has 29 heavy (non-hydrogen) atoms. The second-order valence-corrected chi connectivity index (χ2v) is 7.67. The smallest absolute Gasteiger partial charge is 0.118 e. The predicted molar refractivity (Wildman–Crippen MR) is 123 cm³/mol. The van der Waals surface area contributed by atoms with Gasteiger partial charge >= 0.3 is 0 Å². The van der Waals surface area contributed by atoms with Crippen LogP contribution in [0.1, 0.15) is 0 Å². The van der Waals surface area contributed by atoms with Crippen molar-refractivity contribution in [3.8, 4) is 28.0 Å². The molecule has 3 heteroatoms. The number of hydrogen-bond donors (Lipinski definition) is 0. The fourth-order valence-corrected chi connectivity index (χ4v) is 4.27. The zero-order chi connectivity index (χ0) is 20.0. The molecule has 0 aliphatic rings. The summed E-state index contributed by atoms with van der Waals surface area (Å²) in [6, 6.07) is 29.4. The quantitative estimate of drug-likeness (QED) is 0.311. The van der Waals surface area contributed by atoms with Crippen LogP contribution in [0.3, 0.4) is 0 Å². The highest BCUT2D eigenvalue weighted by molar-refractivity contribution is 6.32. The molecule has 0 amide bonds. The minimum Gasteiger partial charge on any atom is -0.497 e. The summed E-state index contributed by atoms with van der Waals surface area (Å²) in [7, 11) is 3.81. The molecular formula is C26H20ClNO. The Balaban J connectivity index is 1.89. The molecule has 1 heterocycles. The number of rotatable bonds is 3. The van der Waals surface area contributed by atoms with E-state index in [4.69, 9.17) is 16.3 Å². The largest absolute Gasteiger partial charge is 0.497 e. The van der Waals surface area contributed by atoms with Crippen molar-refractivity contribution < 1.29 is 4.74 Å².